The molecule has 5 nitrogen and oxygen atoms in total. The van der Waals surface area contributed by atoms with Gasteiger partial charge < -0.3 is 19.9 Å². The number of fused-ring (bicyclic) bond motifs is 1. The van der Waals surface area contributed by atoms with Crippen molar-refractivity contribution in [2.24, 2.45) is 11.7 Å². The molecular weight excluding hydrogens is 262 g/mol. The van der Waals surface area contributed by atoms with Gasteiger partial charge in [0.15, 0.2) is 5.82 Å². The Morgan fingerprint density at radius 1 is 1.29 bits per heavy atom. The number of hydrogen-bond acceptors (Lipinski definition) is 4. The number of hydrogen-bond donors (Lipinski definition) is 1. The number of rotatable bonds is 4. The van der Waals surface area contributed by atoms with Gasteiger partial charge in [-0.25, -0.2) is 4.98 Å². The topological polar surface area (TPSA) is 49.8 Å². The molecule has 1 fully saturated rings. The summed E-state index contributed by atoms with van der Waals surface area (Å²) in [5.41, 5.74) is 8.08. The Hall–Kier alpha value is -1.59. The number of pyridine rings is 1. The summed E-state index contributed by atoms with van der Waals surface area (Å²) < 4.78 is 2.11. The number of aromatic nitrogens is 2. The van der Waals surface area contributed by atoms with Gasteiger partial charge in [-0.15, -0.1) is 0 Å². The van der Waals surface area contributed by atoms with Crippen LogP contribution < -0.4 is 10.6 Å². The lowest BCUT2D eigenvalue weighted by Crippen LogP contribution is -2.37. The molecule has 0 bridgehead atoms. The van der Waals surface area contributed by atoms with Crippen molar-refractivity contribution in [3.63, 3.8) is 0 Å². The average molecular weight is 287 g/mol. The normalized spacial score (nSPS) is 17.0. The summed E-state index contributed by atoms with van der Waals surface area (Å²) >= 11 is 0. The van der Waals surface area contributed by atoms with Gasteiger partial charge >= 0.3 is 0 Å². The fourth-order valence-corrected chi connectivity index (χ4v) is 3.32. The molecule has 0 radical (unpaired) electrons. The highest BCUT2D eigenvalue weighted by Crippen LogP contribution is 2.26. The highest BCUT2D eigenvalue weighted by Gasteiger charge is 2.23. The molecule has 2 aromatic rings. The van der Waals surface area contributed by atoms with Crippen molar-refractivity contribution in [3.05, 3.63) is 30.1 Å². The van der Waals surface area contributed by atoms with Gasteiger partial charge in [0.25, 0.3) is 0 Å². The first kappa shape index (κ1) is 14.4. The number of piperidine rings is 1. The van der Waals surface area contributed by atoms with Crippen LogP contribution in [0, 0.1) is 5.92 Å². The van der Waals surface area contributed by atoms with E-state index in [2.05, 4.69) is 28.3 Å². The molecule has 1 saturated heterocycles. The first-order valence-corrected chi connectivity index (χ1v) is 7.74. The Morgan fingerprint density at radius 3 is 2.71 bits per heavy atom. The second-order valence-electron chi connectivity index (χ2n) is 6.21. The van der Waals surface area contributed by atoms with Crippen LogP contribution in [0.1, 0.15) is 18.5 Å². The number of imidazole rings is 1. The van der Waals surface area contributed by atoms with Gasteiger partial charge in [0.05, 0.1) is 5.69 Å². The van der Waals surface area contributed by atoms with Gasteiger partial charge in [0.2, 0.25) is 0 Å². The lowest BCUT2D eigenvalue weighted by molar-refractivity contribution is 0.284. The van der Waals surface area contributed by atoms with E-state index in [0.29, 0.717) is 6.54 Å². The summed E-state index contributed by atoms with van der Waals surface area (Å²) in [6, 6.07) is 6.10. The summed E-state index contributed by atoms with van der Waals surface area (Å²) in [7, 11) is 4.31. The van der Waals surface area contributed by atoms with Crippen molar-refractivity contribution in [1.82, 2.24) is 14.3 Å². The molecule has 0 atom stereocenters. The van der Waals surface area contributed by atoms with E-state index in [-0.39, 0.29) is 0 Å². The Kier molecular flexibility index (Phi) is 4.12. The van der Waals surface area contributed by atoms with Crippen LogP contribution in [-0.2, 0) is 6.54 Å². The molecule has 0 saturated carbocycles. The second-order valence-corrected chi connectivity index (χ2v) is 6.21. The van der Waals surface area contributed by atoms with E-state index in [0.717, 1.165) is 36.2 Å². The zero-order valence-electron chi connectivity index (χ0n) is 13.0. The smallest absolute Gasteiger partial charge is 0.152 e. The Bertz CT molecular complexity index is 596. The van der Waals surface area contributed by atoms with Gasteiger partial charge in [-0.2, -0.15) is 0 Å². The van der Waals surface area contributed by atoms with E-state index < -0.39 is 0 Å². The fourth-order valence-electron chi connectivity index (χ4n) is 3.32. The Morgan fingerprint density at radius 2 is 2.05 bits per heavy atom. The Balaban J connectivity index is 1.79. The molecule has 0 aliphatic carbocycles. The standard InChI is InChI=1S/C16H25N5/c1-19(2)12-13-6-9-20(10-7-13)16-14(11-17)21-8-4-3-5-15(21)18-16/h3-5,8,13H,6-7,9-12,17H2,1-2H3. The predicted molar refractivity (Wildman–Crippen MR) is 86.6 cm³/mol. The molecule has 0 spiro atoms. The minimum absolute atomic E-state index is 0.526. The summed E-state index contributed by atoms with van der Waals surface area (Å²) in [6.07, 6.45) is 4.51. The highest BCUT2D eigenvalue weighted by atomic mass is 15.2. The van der Waals surface area contributed by atoms with Crippen LogP contribution >= 0.6 is 0 Å². The summed E-state index contributed by atoms with van der Waals surface area (Å²) in [4.78, 5) is 9.48. The zero-order valence-corrected chi connectivity index (χ0v) is 13.0. The van der Waals surface area contributed by atoms with E-state index in [4.69, 9.17) is 10.7 Å². The monoisotopic (exact) mass is 287 g/mol. The zero-order chi connectivity index (χ0) is 14.8. The van der Waals surface area contributed by atoms with E-state index in [1.54, 1.807) is 0 Å². The van der Waals surface area contributed by atoms with Crippen LogP contribution in [0.15, 0.2) is 24.4 Å². The molecule has 3 rings (SSSR count). The summed E-state index contributed by atoms with van der Waals surface area (Å²) in [5, 5.41) is 0. The molecule has 3 heterocycles. The van der Waals surface area contributed by atoms with Crippen LogP contribution in [0.3, 0.4) is 0 Å². The van der Waals surface area contributed by atoms with Crippen LogP contribution in [0.2, 0.25) is 0 Å². The minimum Gasteiger partial charge on any atom is -0.355 e. The number of nitrogens with zero attached hydrogens (tertiary/aromatic N) is 4. The molecule has 114 valence electrons. The van der Waals surface area contributed by atoms with Crippen LogP contribution in [-0.4, -0.2) is 48.0 Å². The fraction of sp³-hybridized carbons (Fsp3) is 0.562. The average Bonchev–Trinajstić information content (AvgIpc) is 2.86. The Labute approximate surface area is 126 Å². The van der Waals surface area contributed by atoms with Crippen LogP contribution in [0.4, 0.5) is 5.82 Å². The van der Waals surface area contributed by atoms with Gasteiger partial charge in [-0.3, -0.25) is 0 Å². The van der Waals surface area contributed by atoms with Crippen molar-refractivity contribution >= 4 is 11.5 Å². The van der Waals surface area contributed by atoms with Crippen molar-refractivity contribution in [3.8, 4) is 0 Å². The SMILES string of the molecule is CN(C)CC1CCN(c2nc3ccccn3c2CN)CC1. The molecule has 1 aliphatic rings. The van der Waals surface area contributed by atoms with Crippen LogP contribution in [0.5, 0.6) is 0 Å². The minimum atomic E-state index is 0.526. The third-order valence-corrected chi connectivity index (χ3v) is 4.34. The van der Waals surface area contributed by atoms with Crippen molar-refractivity contribution in [2.75, 3.05) is 38.6 Å². The van der Waals surface area contributed by atoms with Crippen molar-refractivity contribution < 1.29 is 0 Å². The van der Waals surface area contributed by atoms with E-state index in [1.807, 2.05) is 24.4 Å². The number of nitrogens with two attached hydrogens (primary N) is 1. The molecule has 1 aliphatic heterocycles. The van der Waals surface area contributed by atoms with Crippen molar-refractivity contribution in [2.45, 2.75) is 19.4 Å². The van der Waals surface area contributed by atoms with Crippen molar-refractivity contribution in [1.29, 1.82) is 0 Å². The highest BCUT2D eigenvalue weighted by molar-refractivity contribution is 5.56. The molecule has 2 N–H and O–H groups in total. The lowest BCUT2D eigenvalue weighted by Gasteiger charge is -2.33. The molecule has 0 amide bonds. The second kappa shape index (κ2) is 6.03. The third-order valence-electron chi connectivity index (χ3n) is 4.34. The first-order valence-electron chi connectivity index (χ1n) is 7.74. The first-order chi connectivity index (χ1) is 10.2. The maximum Gasteiger partial charge on any atom is 0.152 e. The third kappa shape index (κ3) is 2.89. The van der Waals surface area contributed by atoms with Gasteiger partial charge in [-0.1, -0.05) is 6.07 Å². The van der Waals surface area contributed by atoms with Gasteiger partial charge in [0, 0.05) is 32.4 Å². The summed E-state index contributed by atoms with van der Waals surface area (Å²) in [6.45, 7) is 3.87. The predicted octanol–water partition coefficient (Wildman–Crippen LogP) is 1.57. The molecule has 0 unspecified atom stereocenters. The molecule has 2 aromatic heterocycles. The molecule has 21 heavy (non-hydrogen) atoms. The molecular formula is C16H25N5. The summed E-state index contributed by atoms with van der Waals surface area (Å²) in [5.74, 6) is 1.88. The quantitative estimate of drug-likeness (QED) is 0.927. The maximum atomic E-state index is 5.97. The molecule has 0 aromatic carbocycles. The largest absolute Gasteiger partial charge is 0.355 e. The van der Waals surface area contributed by atoms with Gasteiger partial charge in [-0.05, 0) is 45.0 Å². The maximum absolute atomic E-state index is 5.97. The van der Waals surface area contributed by atoms with E-state index in [9.17, 15) is 0 Å². The van der Waals surface area contributed by atoms with Gasteiger partial charge in [0.1, 0.15) is 5.65 Å². The molecule has 5 heteroatoms. The number of anilines is 1. The van der Waals surface area contributed by atoms with E-state index >= 15 is 0 Å². The lowest BCUT2D eigenvalue weighted by atomic mass is 9.96. The van der Waals surface area contributed by atoms with E-state index in [1.165, 1.54) is 19.4 Å². The van der Waals surface area contributed by atoms with Crippen LogP contribution in [0.25, 0.3) is 5.65 Å².